The second-order valence-electron chi connectivity index (χ2n) is 4.65. The van der Waals surface area contributed by atoms with Crippen LogP contribution in [0.2, 0.25) is 0 Å². The zero-order valence-corrected chi connectivity index (χ0v) is 12.4. The molecule has 0 spiro atoms. The molecule has 5 heteroatoms. The molecule has 1 amide bonds. The van der Waals surface area contributed by atoms with E-state index in [0.717, 1.165) is 15.7 Å². The van der Waals surface area contributed by atoms with Crippen molar-refractivity contribution in [3.63, 3.8) is 0 Å². The summed E-state index contributed by atoms with van der Waals surface area (Å²) in [4.78, 5) is 15.7. The first kappa shape index (κ1) is 14.6. The summed E-state index contributed by atoms with van der Waals surface area (Å²) in [6, 6.07) is 19.8. The molecule has 3 aromatic rings. The summed E-state index contributed by atoms with van der Waals surface area (Å²) in [6.45, 7) is 0. The number of carbonyl (C=O) groups excluding carboxylic acids is 1. The first-order valence-electron chi connectivity index (χ1n) is 6.69. The molecule has 3 rings (SSSR count). The molecule has 3 aromatic carbocycles. The quantitative estimate of drug-likeness (QED) is 0.567. The summed E-state index contributed by atoms with van der Waals surface area (Å²) in [6.07, 6.45) is 0. The molecule has 0 radical (unpaired) electrons. The van der Waals surface area contributed by atoms with Gasteiger partial charge in [-0.25, -0.2) is 4.39 Å². The third-order valence-electron chi connectivity index (χ3n) is 3.16. The van der Waals surface area contributed by atoms with Crippen molar-refractivity contribution < 1.29 is 9.18 Å². The van der Waals surface area contributed by atoms with Gasteiger partial charge >= 0.3 is 0 Å². The highest BCUT2D eigenvalue weighted by Crippen LogP contribution is 2.19. The van der Waals surface area contributed by atoms with Crippen LogP contribution in [0.3, 0.4) is 0 Å². The number of hydrazine groups is 1. The predicted molar refractivity (Wildman–Crippen MR) is 86.8 cm³/mol. The zero-order chi connectivity index (χ0) is 15.4. The van der Waals surface area contributed by atoms with E-state index in [1.807, 2.05) is 54.6 Å². The van der Waals surface area contributed by atoms with E-state index in [-0.39, 0.29) is 5.56 Å². The third kappa shape index (κ3) is 3.27. The van der Waals surface area contributed by atoms with Gasteiger partial charge in [-0.2, -0.15) is 4.83 Å². The van der Waals surface area contributed by atoms with Crippen LogP contribution in [0.1, 0.15) is 10.4 Å². The molecule has 22 heavy (non-hydrogen) atoms. The number of benzene rings is 3. The maximum atomic E-state index is 14.0. The summed E-state index contributed by atoms with van der Waals surface area (Å²) in [5.41, 5.74) is 2.50. The van der Waals surface area contributed by atoms with E-state index >= 15 is 0 Å². The van der Waals surface area contributed by atoms with E-state index in [1.54, 1.807) is 6.07 Å². The highest BCUT2D eigenvalue weighted by molar-refractivity contribution is 7.97. The van der Waals surface area contributed by atoms with Crippen molar-refractivity contribution in [2.45, 2.75) is 4.90 Å². The normalized spacial score (nSPS) is 10.6. The van der Waals surface area contributed by atoms with Crippen molar-refractivity contribution in [3.8, 4) is 0 Å². The summed E-state index contributed by atoms with van der Waals surface area (Å²) in [7, 11) is 0. The lowest BCUT2D eigenvalue weighted by Crippen LogP contribution is -2.33. The lowest BCUT2D eigenvalue weighted by Gasteiger charge is -2.08. The Morgan fingerprint density at radius 3 is 2.27 bits per heavy atom. The summed E-state index contributed by atoms with van der Waals surface area (Å²) >= 11 is 1.25. The molecule has 110 valence electrons. The minimum Gasteiger partial charge on any atom is -0.277 e. The Morgan fingerprint density at radius 2 is 1.55 bits per heavy atom. The van der Waals surface area contributed by atoms with Gasteiger partial charge < -0.3 is 0 Å². The molecular formula is C17H13FN2OS. The van der Waals surface area contributed by atoms with Gasteiger partial charge in [0.15, 0.2) is 0 Å². The monoisotopic (exact) mass is 312 g/mol. The van der Waals surface area contributed by atoms with E-state index in [0.29, 0.717) is 0 Å². The molecule has 0 fully saturated rings. The molecule has 0 atom stereocenters. The predicted octanol–water partition coefficient (Wildman–Crippen LogP) is 3.92. The van der Waals surface area contributed by atoms with Crippen LogP contribution in [0.15, 0.2) is 71.6 Å². The number of carbonyl (C=O) groups is 1. The second-order valence-corrected chi connectivity index (χ2v) is 5.53. The van der Waals surface area contributed by atoms with Crippen molar-refractivity contribution in [2.24, 2.45) is 0 Å². The molecule has 3 nitrogen and oxygen atoms in total. The van der Waals surface area contributed by atoms with Crippen LogP contribution in [0, 0.1) is 5.82 Å². The van der Waals surface area contributed by atoms with Crippen molar-refractivity contribution in [2.75, 3.05) is 0 Å². The topological polar surface area (TPSA) is 41.1 Å². The molecule has 0 saturated heterocycles. The minimum absolute atomic E-state index is 0.0138. The summed E-state index contributed by atoms with van der Waals surface area (Å²) in [5, 5.41) is 1.59. The van der Waals surface area contributed by atoms with Crippen molar-refractivity contribution in [3.05, 3.63) is 78.1 Å². The maximum Gasteiger partial charge on any atom is 0.269 e. The van der Waals surface area contributed by atoms with Crippen LogP contribution in [-0.4, -0.2) is 5.91 Å². The number of hydrogen-bond acceptors (Lipinski definition) is 3. The summed E-state index contributed by atoms with van der Waals surface area (Å²) < 4.78 is 14.0. The van der Waals surface area contributed by atoms with Crippen LogP contribution in [0.25, 0.3) is 10.8 Å². The lowest BCUT2D eigenvalue weighted by molar-refractivity contribution is 0.0943. The zero-order valence-electron chi connectivity index (χ0n) is 11.5. The van der Waals surface area contributed by atoms with E-state index in [4.69, 9.17) is 0 Å². The lowest BCUT2D eigenvalue weighted by atomic mass is 10.1. The number of nitrogens with one attached hydrogen (secondary N) is 2. The number of halogens is 1. The molecule has 0 aromatic heterocycles. The average Bonchev–Trinajstić information content (AvgIpc) is 2.55. The first-order valence-corrected chi connectivity index (χ1v) is 7.51. The molecule has 0 aliphatic carbocycles. The number of fused-ring (bicyclic) bond motifs is 1. The molecule has 0 heterocycles. The SMILES string of the molecule is O=C(NNSc1ccccc1)c1cc2ccccc2cc1F. The molecule has 0 unspecified atom stereocenters. The molecular weight excluding hydrogens is 299 g/mol. The molecule has 0 aliphatic rings. The highest BCUT2D eigenvalue weighted by Gasteiger charge is 2.12. The molecule has 0 bridgehead atoms. The van der Waals surface area contributed by atoms with Crippen LogP contribution in [0.5, 0.6) is 0 Å². The number of rotatable bonds is 4. The Labute approximate surface area is 131 Å². The number of hydrogen-bond donors (Lipinski definition) is 2. The smallest absolute Gasteiger partial charge is 0.269 e. The Balaban J connectivity index is 1.71. The maximum absolute atomic E-state index is 14.0. The van der Waals surface area contributed by atoms with Gasteiger partial charge in [-0.1, -0.05) is 42.5 Å². The van der Waals surface area contributed by atoms with Gasteiger partial charge in [-0.3, -0.25) is 10.2 Å². The second kappa shape index (κ2) is 6.60. The molecule has 2 N–H and O–H groups in total. The van der Waals surface area contributed by atoms with E-state index in [2.05, 4.69) is 10.3 Å². The van der Waals surface area contributed by atoms with E-state index < -0.39 is 11.7 Å². The van der Waals surface area contributed by atoms with Gasteiger partial charge in [0.25, 0.3) is 5.91 Å². The van der Waals surface area contributed by atoms with Crippen molar-refractivity contribution in [1.82, 2.24) is 10.3 Å². The fraction of sp³-hybridized carbons (Fsp3) is 0. The van der Waals surface area contributed by atoms with Crippen LogP contribution < -0.4 is 10.3 Å². The van der Waals surface area contributed by atoms with Gasteiger partial charge in [0.1, 0.15) is 5.82 Å². The van der Waals surface area contributed by atoms with Crippen molar-refractivity contribution >= 4 is 28.6 Å². The van der Waals surface area contributed by atoms with Crippen molar-refractivity contribution in [1.29, 1.82) is 0 Å². The third-order valence-corrected chi connectivity index (χ3v) is 3.87. The van der Waals surface area contributed by atoms with E-state index in [1.165, 1.54) is 18.0 Å². The van der Waals surface area contributed by atoms with Crippen LogP contribution in [-0.2, 0) is 0 Å². The highest BCUT2D eigenvalue weighted by atomic mass is 32.2. The molecule has 0 aliphatic heterocycles. The summed E-state index contributed by atoms with van der Waals surface area (Å²) in [5.74, 6) is -1.05. The van der Waals surface area contributed by atoms with Crippen LogP contribution >= 0.6 is 11.9 Å². The van der Waals surface area contributed by atoms with Gasteiger partial charge in [0.2, 0.25) is 0 Å². The van der Waals surface area contributed by atoms with Gasteiger partial charge in [0.05, 0.1) is 5.56 Å². The largest absolute Gasteiger partial charge is 0.277 e. The van der Waals surface area contributed by atoms with Gasteiger partial charge in [0, 0.05) is 4.90 Å². The van der Waals surface area contributed by atoms with E-state index in [9.17, 15) is 9.18 Å². The standard InChI is InChI=1S/C17H13FN2OS/c18-16-11-13-7-5-4-6-12(13)10-15(16)17(21)19-20-22-14-8-2-1-3-9-14/h1-11,20H,(H,19,21). The number of amides is 1. The van der Waals surface area contributed by atoms with Gasteiger partial charge in [-0.15, -0.1) is 0 Å². The first-order chi connectivity index (χ1) is 10.7. The average molecular weight is 312 g/mol. The fourth-order valence-electron chi connectivity index (χ4n) is 2.07. The molecule has 0 saturated carbocycles. The Kier molecular flexibility index (Phi) is 4.37. The fourth-order valence-corrected chi connectivity index (χ4v) is 2.63. The Hall–Kier alpha value is -2.37. The Bertz CT molecular complexity index is 808. The van der Waals surface area contributed by atoms with Crippen LogP contribution in [0.4, 0.5) is 4.39 Å². The minimum atomic E-state index is -0.539. The van der Waals surface area contributed by atoms with Gasteiger partial charge in [-0.05, 0) is 47.0 Å². The Morgan fingerprint density at radius 1 is 0.909 bits per heavy atom.